The Morgan fingerprint density at radius 3 is 2.70 bits per heavy atom. The van der Waals surface area contributed by atoms with Gasteiger partial charge < -0.3 is 5.32 Å². The summed E-state index contributed by atoms with van der Waals surface area (Å²) >= 11 is 7.15. The van der Waals surface area contributed by atoms with Gasteiger partial charge in [0.15, 0.2) is 5.16 Å². The number of benzene rings is 2. The maximum atomic E-state index is 13.0. The molecule has 4 rings (SSSR count). The van der Waals surface area contributed by atoms with Gasteiger partial charge >= 0.3 is 0 Å². The summed E-state index contributed by atoms with van der Waals surface area (Å²) < 4.78 is 39.7. The Morgan fingerprint density at radius 2 is 1.97 bits per heavy atom. The zero-order valence-electron chi connectivity index (χ0n) is 15.5. The topological polar surface area (TPSA) is 92.3 Å². The van der Waals surface area contributed by atoms with Crippen LogP contribution in [0.1, 0.15) is 0 Å². The Morgan fingerprint density at radius 1 is 1.23 bits per heavy atom. The van der Waals surface area contributed by atoms with Gasteiger partial charge in [-0.15, -0.1) is 0 Å². The molecule has 0 fully saturated rings. The highest BCUT2D eigenvalue weighted by molar-refractivity contribution is 7.99. The van der Waals surface area contributed by atoms with E-state index in [1.807, 2.05) is 0 Å². The third kappa shape index (κ3) is 3.85. The van der Waals surface area contributed by atoms with Crippen LogP contribution < -0.4 is 9.62 Å². The number of anilines is 2. The first kappa shape index (κ1) is 20.6. The SMILES string of the molecule is CN1c2ccc(Cl)cc2-c2nc(SCC(=O)Nc3ccc(F)cc3)ncc2S1(=O)=O. The minimum absolute atomic E-state index is 0.00871. The van der Waals surface area contributed by atoms with Gasteiger partial charge in [0.25, 0.3) is 10.0 Å². The molecule has 1 amide bonds. The maximum Gasteiger partial charge on any atom is 0.267 e. The lowest BCUT2D eigenvalue weighted by Crippen LogP contribution is -2.31. The van der Waals surface area contributed by atoms with Crippen LogP contribution in [0.5, 0.6) is 0 Å². The van der Waals surface area contributed by atoms with Crippen molar-refractivity contribution in [1.82, 2.24) is 9.97 Å². The van der Waals surface area contributed by atoms with Crippen molar-refractivity contribution >= 4 is 50.7 Å². The second kappa shape index (κ2) is 7.86. The van der Waals surface area contributed by atoms with Crippen molar-refractivity contribution in [3.8, 4) is 11.3 Å². The number of halogens is 2. The average Bonchev–Trinajstić information content (AvgIpc) is 2.72. The third-order valence-electron chi connectivity index (χ3n) is 4.38. The Labute approximate surface area is 181 Å². The number of rotatable bonds is 4. The van der Waals surface area contributed by atoms with Crippen molar-refractivity contribution in [2.24, 2.45) is 0 Å². The first-order chi connectivity index (χ1) is 14.3. The quantitative estimate of drug-likeness (QED) is 0.466. The van der Waals surface area contributed by atoms with Crippen LogP contribution in [0.15, 0.2) is 58.7 Å². The molecule has 7 nitrogen and oxygen atoms in total. The summed E-state index contributed by atoms with van der Waals surface area (Å²) in [6, 6.07) is 10.3. The number of hydrogen-bond acceptors (Lipinski definition) is 6. The normalized spacial score (nSPS) is 14.0. The van der Waals surface area contributed by atoms with Gasteiger partial charge in [-0.3, -0.25) is 9.10 Å². The smallest absolute Gasteiger partial charge is 0.267 e. The van der Waals surface area contributed by atoms with Crippen LogP contribution in [0, 0.1) is 5.82 Å². The number of thioether (sulfide) groups is 1. The van der Waals surface area contributed by atoms with Crippen molar-refractivity contribution in [2.75, 3.05) is 22.4 Å². The molecule has 0 spiro atoms. The number of sulfonamides is 1. The zero-order chi connectivity index (χ0) is 21.5. The van der Waals surface area contributed by atoms with Crippen LogP contribution in [-0.4, -0.2) is 37.1 Å². The highest BCUT2D eigenvalue weighted by atomic mass is 35.5. The van der Waals surface area contributed by atoms with E-state index in [9.17, 15) is 17.6 Å². The Hall–Kier alpha value is -2.69. The molecule has 0 saturated carbocycles. The Bertz CT molecular complexity index is 1250. The van der Waals surface area contributed by atoms with Crippen molar-refractivity contribution < 1.29 is 17.6 Å². The van der Waals surface area contributed by atoms with Gasteiger partial charge in [0, 0.05) is 23.3 Å². The number of amides is 1. The van der Waals surface area contributed by atoms with E-state index in [0.717, 1.165) is 16.1 Å². The fourth-order valence-corrected chi connectivity index (χ4v) is 5.00. The maximum absolute atomic E-state index is 13.0. The predicted molar refractivity (Wildman–Crippen MR) is 114 cm³/mol. The van der Waals surface area contributed by atoms with E-state index in [1.165, 1.54) is 37.5 Å². The van der Waals surface area contributed by atoms with E-state index in [2.05, 4.69) is 15.3 Å². The lowest BCUT2D eigenvalue weighted by Gasteiger charge is -2.28. The third-order valence-corrected chi connectivity index (χ3v) is 7.25. The molecule has 1 aliphatic rings. The number of nitrogens with one attached hydrogen (secondary N) is 1. The summed E-state index contributed by atoms with van der Waals surface area (Å²) in [7, 11) is -2.34. The summed E-state index contributed by atoms with van der Waals surface area (Å²) in [5, 5.41) is 3.33. The fourth-order valence-electron chi connectivity index (χ4n) is 2.92. The van der Waals surface area contributed by atoms with Crippen LogP contribution in [0.4, 0.5) is 15.8 Å². The highest BCUT2D eigenvalue weighted by Crippen LogP contribution is 2.42. The fraction of sp³-hybridized carbons (Fsp3) is 0.105. The standard InChI is InChI=1S/C19H14ClFN4O3S2/c1-25-15-7-2-11(20)8-14(15)18-16(30(25,27)28)9-22-19(24-18)29-10-17(26)23-13-5-3-12(21)4-6-13/h2-9H,10H2,1H3,(H,23,26). The second-order valence-electron chi connectivity index (χ2n) is 6.34. The van der Waals surface area contributed by atoms with Crippen LogP contribution in [0.3, 0.4) is 0 Å². The molecule has 0 aliphatic carbocycles. The molecular weight excluding hydrogens is 451 g/mol. The Balaban J connectivity index is 1.58. The van der Waals surface area contributed by atoms with Crippen molar-refractivity contribution in [3.63, 3.8) is 0 Å². The number of carbonyl (C=O) groups is 1. The van der Waals surface area contributed by atoms with Gasteiger partial charge in [0.1, 0.15) is 10.7 Å². The molecule has 0 saturated heterocycles. The summed E-state index contributed by atoms with van der Waals surface area (Å²) in [5.74, 6) is -0.736. The largest absolute Gasteiger partial charge is 0.325 e. The van der Waals surface area contributed by atoms with Crippen molar-refractivity contribution in [3.05, 3.63) is 59.5 Å². The number of nitrogens with zero attached hydrogens (tertiary/aromatic N) is 3. The Kier molecular flexibility index (Phi) is 5.39. The van der Waals surface area contributed by atoms with Crippen LogP contribution in [0.2, 0.25) is 5.02 Å². The number of aromatic nitrogens is 2. The number of fused-ring (bicyclic) bond motifs is 3. The lowest BCUT2D eigenvalue weighted by molar-refractivity contribution is -0.113. The van der Waals surface area contributed by atoms with Crippen LogP contribution in [-0.2, 0) is 14.8 Å². The van der Waals surface area contributed by atoms with Crippen molar-refractivity contribution in [1.29, 1.82) is 0 Å². The first-order valence-electron chi connectivity index (χ1n) is 8.60. The summed E-state index contributed by atoms with van der Waals surface area (Å²) in [6.45, 7) is 0. The van der Waals surface area contributed by atoms with Gasteiger partial charge in [0.2, 0.25) is 5.91 Å². The molecule has 0 atom stereocenters. The first-order valence-corrected chi connectivity index (χ1v) is 11.4. The molecule has 1 N–H and O–H groups in total. The molecular formula is C19H14ClFN4O3S2. The number of hydrogen-bond donors (Lipinski definition) is 1. The predicted octanol–water partition coefficient (Wildman–Crippen LogP) is 3.81. The van der Waals surface area contributed by atoms with Crippen LogP contribution in [0.25, 0.3) is 11.3 Å². The van der Waals surface area contributed by atoms with Crippen molar-refractivity contribution in [2.45, 2.75) is 10.1 Å². The molecule has 2 aromatic carbocycles. The molecule has 0 bridgehead atoms. The van der Waals surface area contributed by atoms with Crippen LogP contribution >= 0.6 is 23.4 Å². The highest BCUT2D eigenvalue weighted by Gasteiger charge is 2.34. The van der Waals surface area contributed by atoms with Gasteiger partial charge in [-0.25, -0.2) is 22.8 Å². The van der Waals surface area contributed by atoms with Gasteiger partial charge in [-0.05, 0) is 42.5 Å². The molecule has 11 heteroatoms. The van der Waals surface area contributed by atoms with E-state index >= 15 is 0 Å². The summed E-state index contributed by atoms with van der Waals surface area (Å²) in [5.41, 5.74) is 1.72. The summed E-state index contributed by atoms with van der Waals surface area (Å²) in [6.07, 6.45) is 1.23. The van der Waals surface area contributed by atoms with E-state index in [0.29, 0.717) is 22.0 Å². The van der Waals surface area contributed by atoms with Gasteiger partial charge in [-0.2, -0.15) is 0 Å². The van der Waals surface area contributed by atoms with E-state index in [-0.39, 0.29) is 27.4 Å². The molecule has 1 aliphatic heterocycles. The van der Waals surface area contributed by atoms with E-state index in [1.54, 1.807) is 18.2 Å². The molecule has 154 valence electrons. The summed E-state index contributed by atoms with van der Waals surface area (Å²) in [4.78, 5) is 20.6. The number of carbonyl (C=O) groups excluding carboxylic acids is 1. The van der Waals surface area contributed by atoms with Gasteiger partial charge in [-0.1, -0.05) is 23.4 Å². The monoisotopic (exact) mass is 464 g/mol. The molecule has 1 aromatic heterocycles. The van der Waals surface area contributed by atoms with E-state index < -0.39 is 15.8 Å². The molecule has 2 heterocycles. The van der Waals surface area contributed by atoms with E-state index in [4.69, 9.17) is 11.6 Å². The molecule has 0 radical (unpaired) electrons. The second-order valence-corrected chi connectivity index (χ2v) is 9.66. The molecule has 3 aromatic rings. The molecule has 30 heavy (non-hydrogen) atoms. The zero-order valence-corrected chi connectivity index (χ0v) is 17.9. The minimum atomic E-state index is -3.79. The van der Waals surface area contributed by atoms with Gasteiger partial charge in [0.05, 0.1) is 23.3 Å². The average molecular weight is 465 g/mol. The molecule has 0 unspecified atom stereocenters. The lowest BCUT2D eigenvalue weighted by atomic mass is 10.1. The minimum Gasteiger partial charge on any atom is -0.325 e.